The average Bonchev–Trinajstić information content (AvgIpc) is 2.29. The molecule has 0 unspecified atom stereocenters. The number of allylic oxidation sites excluding steroid dienone is 1. The van der Waals surface area contributed by atoms with Crippen molar-refractivity contribution in [3.63, 3.8) is 0 Å². The largest absolute Gasteiger partial charge is 0.334 e. The summed E-state index contributed by atoms with van der Waals surface area (Å²) in [5.74, 6) is 0.102. The molecule has 0 aliphatic rings. The van der Waals surface area contributed by atoms with E-state index in [4.69, 9.17) is 0 Å². The van der Waals surface area contributed by atoms with Crippen LogP contribution in [0.25, 0.3) is 0 Å². The Hall–Kier alpha value is -1.57. The Labute approximate surface area is 110 Å². The van der Waals surface area contributed by atoms with Crippen LogP contribution in [0, 0.1) is 0 Å². The normalized spacial score (nSPS) is 10.8. The molecule has 0 aliphatic heterocycles. The maximum Gasteiger partial charge on any atom is 0.254 e. The third kappa shape index (κ3) is 3.46. The molecule has 1 aromatic carbocycles. The van der Waals surface area contributed by atoms with Crippen LogP contribution < -0.4 is 0 Å². The number of carbonyl (C=O) groups excluding carboxylic acids is 1. The highest BCUT2D eigenvalue weighted by Gasteiger charge is 2.21. The van der Waals surface area contributed by atoms with E-state index >= 15 is 0 Å². The van der Waals surface area contributed by atoms with Gasteiger partial charge in [-0.05, 0) is 51.8 Å². The smallest absolute Gasteiger partial charge is 0.254 e. The number of carbonyl (C=O) groups is 1. The van der Waals surface area contributed by atoms with E-state index in [1.54, 1.807) is 0 Å². The van der Waals surface area contributed by atoms with Crippen LogP contribution in [0.4, 0.5) is 0 Å². The van der Waals surface area contributed by atoms with Crippen LogP contribution in [0.2, 0.25) is 0 Å². The molecule has 0 aromatic heterocycles. The van der Waals surface area contributed by atoms with Crippen molar-refractivity contribution in [3.05, 3.63) is 48.0 Å². The van der Waals surface area contributed by atoms with Crippen LogP contribution in [-0.2, 0) is 6.42 Å². The van der Waals surface area contributed by atoms with Crippen molar-refractivity contribution < 1.29 is 4.79 Å². The Morgan fingerprint density at radius 1 is 1.17 bits per heavy atom. The maximum atomic E-state index is 12.4. The van der Waals surface area contributed by atoms with Crippen LogP contribution in [0.1, 0.15) is 43.6 Å². The summed E-state index contributed by atoms with van der Waals surface area (Å²) in [6.45, 7) is 11.9. The van der Waals surface area contributed by atoms with E-state index in [1.807, 2.05) is 62.9 Å². The fourth-order valence-corrected chi connectivity index (χ4v) is 2.16. The molecule has 0 heterocycles. The lowest BCUT2D eigenvalue weighted by Gasteiger charge is -2.30. The highest BCUT2D eigenvalue weighted by Crippen LogP contribution is 2.13. The van der Waals surface area contributed by atoms with Gasteiger partial charge in [-0.15, -0.1) is 6.58 Å². The van der Waals surface area contributed by atoms with Crippen molar-refractivity contribution in [1.82, 2.24) is 4.90 Å². The van der Waals surface area contributed by atoms with Gasteiger partial charge in [0.2, 0.25) is 0 Å². The highest BCUT2D eigenvalue weighted by molar-refractivity contribution is 5.94. The van der Waals surface area contributed by atoms with Crippen molar-refractivity contribution in [2.24, 2.45) is 0 Å². The zero-order valence-corrected chi connectivity index (χ0v) is 11.8. The first-order valence-corrected chi connectivity index (χ1v) is 6.49. The standard InChI is InChI=1S/C16H23NO/c1-6-7-14-8-10-15(11-9-14)16(18)17(12(2)3)13(4)5/h6,8-13H,1,7H2,2-5H3. The Kier molecular flexibility index (Phi) is 5.14. The van der Waals surface area contributed by atoms with Crippen LogP contribution in [-0.4, -0.2) is 22.9 Å². The number of benzene rings is 1. The van der Waals surface area contributed by atoms with Gasteiger partial charge in [0.1, 0.15) is 0 Å². The van der Waals surface area contributed by atoms with Gasteiger partial charge in [0.05, 0.1) is 0 Å². The summed E-state index contributed by atoms with van der Waals surface area (Å²) in [6.07, 6.45) is 2.71. The summed E-state index contributed by atoms with van der Waals surface area (Å²) in [6, 6.07) is 8.22. The summed E-state index contributed by atoms with van der Waals surface area (Å²) in [7, 11) is 0. The van der Waals surface area contributed by atoms with Crippen LogP contribution in [0.15, 0.2) is 36.9 Å². The highest BCUT2D eigenvalue weighted by atomic mass is 16.2. The molecule has 0 saturated carbocycles. The molecule has 2 nitrogen and oxygen atoms in total. The molecule has 0 saturated heterocycles. The Morgan fingerprint density at radius 3 is 2.06 bits per heavy atom. The third-order valence-corrected chi connectivity index (χ3v) is 2.93. The molecule has 1 amide bonds. The second-order valence-electron chi connectivity index (χ2n) is 5.09. The van der Waals surface area contributed by atoms with E-state index < -0.39 is 0 Å². The predicted octanol–water partition coefficient (Wildman–Crippen LogP) is 3.67. The Balaban J connectivity index is 2.91. The molecule has 0 fully saturated rings. The molecular weight excluding hydrogens is 222 g/mol. The molecule has 0 radical (unpaired) electrons. The van der Waals surface area contributed by atoms with E-state index in [0.717, 1.165) is 12.0 Å². The van der Waals surface area contributed by atoms with Gasteiger partial charge < -0.3 is 4.90 Å². The number of hydrogen-bond acceptors (Lipinski definition) is 1. The molecule has 0 spiro atoms. The van der Waals surface area contributed by atoms with E-state index in [-0.39, 0.29) is 18.0 Å². The van der Waals surface area contributed by atoms with Crippen LogP contribution >= 0.6 is 0 Å². The molecule has 0 bridgehead atoms. The molecule has 0 aliphatic carbocycles. The minimum atomic E-state index is 0.102. The second kappa shape index (κ2) is 6.39. The van der Waals surface area contributed by atoms with E-state index in [0.29, 0.717) is 0 Å². The third-order valence-electron chi connectivity index (χ3n) is 2.93. The zero-order chi connectivity index (χ0) is 13.7. The number of amides is 1. The first-order valence-electron chi connectivity index (χ1n) is 6.49. The molecule has 1 rings (SSSR count). The van der Waals surface area contributed by atoms with Crippen molar-refractivity contribution in [2.75, 3.05) is 0 Å². The van der Waals surface area contributed by atoms with Gasteiger partial charge in [0.25, 0.3) is 5.91 Å². The van der Waals surface area contributed by atoms with E-state index in [9.17, 15) is 4.79 Å². The number of hydrogen-bond donors (Lipinski definition) is 0. The molecular formula is C16H23NO. The van der Waals surface area contributed by atoms with Crippen molar-refractivity contribution in [3.8, 4) is 0 Å². The first-order chi connectivity index (χ1) is 8.47. The minimum Gasteiger partial charge on any atom is -0.334 e. The number of nitrogens with zero attached hydrogens (tertiary/aromatic N) is 1. The summed E-state index contributed by atoms with van der Waals surface area (Å²) in [5, 5.41) is 0. The molecule has 0 N–H and O–H groups in total. The van der Waals surface area contributed by atoms with Crippen molar-refractivity contribution in [2.45, 2.75) is 46.2 Å². The zero-order valence-electron chi connectivity index (χ0n) is 11.8. The summed E-state index contributed by atoms with van der Waals surface area (Å²) in [4.78, 5) is 14.3. The van der Waals surface area contributed by atoms with E-state index in [2.05, 4.69) is 6.58 Å². The SMILES string of the molecule is C=CCc1ccc(C(=O)N(C(C)C)C(C)C)cc1. The molecule has 18 heavy (non-hydrogen) atoms. The summed E-state index contributed by atoms with van der Waals surface area (Å²) in [5.41, 5.74) is 1.94. The van der Waals surface area contributed by atoms with Crippen molar-refractivity contribution in [1.29, 1.82) is 0 Å². The predicted molar refractivity (Wildman–Crippen MR) is 76.8 cm³/mol. The molecule has 98 valence electrons. The van der Waals surface area contributed by atoms with Crippen LogP contribution in [0.5, 0.6) is 0 Å². The van der Waals surface area contributed by atoms with Crippen molar-refractivity contribution >= 4 is 5.91 Å². The minimum absolute atomic E-state index is 0.102. The lowest BCUT2D eigenvalue weighted by molar-refractivity contribution is 0.0644. The second-order valence-corrected chi connectivity index (χ2v) is 5.09. The fourth-order valence-electron chi connectivity index (χ4n) is 2.16. The lowest BCUT2D eigenvalue weighted by Crippen LogP contribution is -2.42. The Bertz CT molecular complexity index is 396. The van der Waals surface area contributed by atoms with E-state index in [1.165, 1.54) is 5.56 Å². The molecule has 0 atom stereocenters. The van der Waals surface area contributed by atoms with Gasteiger partial charge in [-0.25, -0.2) is 0 Å². The summed E-state index contributed by atoms with van der Waals surface area (Å²) < 4.78 is 0. The monoisotopic (exact) mass is 245 g/mol. The maximum absolute atomic E-state index is 12.4. The average molecular weight is 245 g/mol. The molecule has 2 heteroatoms. The van der Waals surface area contributed by atoms with Gasteiger partial charge in [-0.1, -0.05) is 18.2 Å². The molecule has 1 aromatic rings. The first kappa shape index (κ1) is 14.5. The topological polar surface area (TPSA) is 20.3 Å². The van der Waals surface area contributed by atoms with Gasteiger partial charge in [-0.3, -0.25) is 4.79 Å². The van der Waals surface area contributed by atoms with Crippen LogP contribution in [0.3, 0.4) is 0 Å². The fraction of sp³-hybridized carbons (Fsp3) is 0.438. The summed E-state index contributed by atoms with van der Waals surface area (Å²) >= 11 is 0. The van der Waals surface area contributed by atoms with Gasteiger partial charge in [0, 0.05) is 17.6 Å². The lowest BCUT2D eigenvalue weighted by atomic mass is 10.1. The van der Waals surface area contributed by atoms with Gasteiger partial charge in [0.15, 0.2) is 0 Å². The van der Waals surface area contributed by atoms with Gasteiger partial charge in [-0.2, -0.15) is 0 Å². The number of rotatable bonds is 5. The Morgan fingerprint density at radius 2 is 1.67 bits per heavy atom. The van der Waals surface area contributed by atoms with Gasteiger partial charge >= 0.3 is 0 Å². The quantitative estimate of drug-likeness (QED) is 0.725.